The monoisotopic (exact) mass is 154 g/mol. The average Bonchev–Trinajstić information content (AvgIpc) is 2.44. The highest BCUT2D eigenvalue weighted by molar-refractivity contribution is 5.78. The predicted molar refractivity (Wildman–Crippen MR) is 41.5 cm³/mol. The molecule has 2 saturated carbocycles. The maximum Gasteiger partial charge on any atom is 0.222 e. The van der Waals surface area contributed by atoms with Gasteiger partial charge in [0, 0.05) is 6.04 Å². The summed E-state index contributed by atoms with van der Waals surface area (Å²) in [6.45, 7) is 0. The van der Waals surface area contributed by atoms with E-state index >= 15 is 0 Å². The van der Waals surface area contributed by atoms with Crippen molar-refractivity contribution in [3.8, 4) is 0 Å². The van der Waals surface area contributed by atoms with Crippen LogP contribution >= 0.6 is 0 Å². The summed E-state index contributed by atoms with van der Waals surface area (Å²) in [6.07, 6.45) is 3.50. The number of hydrogen-bond donors (Lipinski definition) is 2. The largest absolute Gasteiger partial charge is 0.369 e. The van der Waals surface area contributed by atoms with Crippen molar-refractivity contribution in [2.45, 2.75) is 25.3 Å². The van der Waals surface area contributed by atoms with Crippen LogP contribution in [0.15, 0.2) is 0 Å². The van der Waals surface area contributed by atoms with Crippen LogP contribution < -0.4 is 11.5 Å². The van der Waals surface area contributed by atoms with Crippen LogP contribution in [0.3, 0.4) is 0 Å². The first-order chi connectivity index (χ1) is 5.20. The van der Waals surface area contributed by atoms with E-state index in [1.807, 2.05) is 0 Å². The van der Waals surface area contributed by atoms with E-state index in [4.69, 9.17) is 11.5 Å². The molecule has 2 aliphatic rings. The van der Waals surface area contributed by atoms with Gasteiger partial charge in [0.05, 0.1) is 5.92 Å². The Labute approximate surface area is 66.1 Å². The highest BCUT2D eigenvalue weighted by Gasteiger charge is 2.48. The minimum atomic E-state index is -0.190. The summed E-state index contributed by atoms with van der Waals surface area (Å²) in [6, 6.07) is 0.0613. The number of fused-ring (bicyclic) bond motifs is 2. The maximum atomic E-state index is 10.9. The Morgan fingerprint density at radius 2 is 1.91 bits per heavy atom. The lowest BCUT2D eigenvalue weighted by atomic mass is 9.84. The summed E-state index contributed by atoms with van der Waals surface area (Å²) in [5.74, 6) is 0.878. The molecule has 2 fully saturated rings. The van der Waals surface area contributed by atoms with Crippen LogP contribution in [-0.2, 0) is 4.79 Å². The molecule has 0 heterocycles. The molecular formula is C8H14N2O. The van der Waals surface area contributed by atoms with Crippen LogP contribution in [0.4, 0.5) is 0 Å². The van der Waals surface area contributed by atoms with Crippen molar-refractivity contribution in [1.82, 2.24) is 0 Å². The normalized spacial score (nSPS) is 48.1. The van der Waals surface area contributed by atoms with Crippen LogP contribution in [0, 0.1) is 17.8 Å². The van der Waals surface area contributed by atoms with Gasteiger partial charge in [-0.25, -0.2) is 0 Å². The fourth-order valence-corrected chi connectivity index (χ4v) is 2.76. The number of carbonyl (C=O) groups is 1. The Kier molecular flexibility index (Phi) is 1.42. The van der Waals surface area contributed by atoms with E-state index in [9.17, 15) is 4.79 Å². The molecule has 4 N–H and O–H groups in total. The number of primary amides is 1. The van der Waals surface area contributed by atoms with Crippen molar-refractivity contribution in [3.05, 3.63) is 0 Å². The van der Waals surface area contributed by atoms with Crippen LogP contribution in [0.1, 0.15) is 19.3 Å². The standard InChI is InChI=1S/C8H14N2O/c9-7-5-2-1-4(3-5)6(7)8(10)11/h4-7H,1-3,9H2,(H2,10,11). The van der Waals surface area contributed by atoms with E-state index in [1.165, 1.54) is 6.42 Å². The summed E-state index contributed by atoms with van der Waals surface area (Å²) in [5, 5.41) is 0. The van der Waals surface area contributed by atoms with Gasteiger partial charge >= 0.3 is 0 Å². The third-order valence-electron chi connectivity index (χ3n) is 3.31. The van der Waals surface area contributed by atoms with Gasteiger partial charge in [-0.2, -0.15) is 0 Å². The molecule has 3 heteroatoms. The molecule has 0 spiro atoms. The molecular weight excluding hydrogens is 140 g/mol. The fraction of sp³-hybridized carbons (Fsp3) is 0.875. The number of rotatable bonds is 1. The van der Waals surface area contributed by atoms with Crippen molar-refractivity contribution >= 4 is 5.91 Å². The molecule has 0 aromatic carbocycles. The molecule has 62 valence electrons. The zero-order valence-corrected chi connectivity index (χ0v) is 6.49. The van der Waals surface area contributed by atoms with Gasteiger partial charge in [-0.3, -0.25) is 4.79 Å². The van der Waals surface area contributed by atoms with E-state index in [2.05, 4.69) is 0 Å². The minimum Gasteiger partial charge on any atom is -0.369 e. The van der Waals surface area contributed by atoms with E-state index in [0.29, 0.717) is 11.8 Å². The lowest BCUT2D eigenvalue weighted by molar-refractivity contribution is -0.123. The van der Waals surface area contributed by atoms with Gasteiger partial charge in [-0.1, -0.05) is 0 Å². The quantitative estimate of drug-likeness (QED) is 0.551. The van der Waals surface area contributed by atoms with Gasteiger partial charge < -0.3 is 11.5 Å². The second-order valence-electron chi connectivity index (χ2n) is 3.84. The number of nitrogens with two attached hydrogens (primary N) is 2. The zero-order valence-electron chi connectivity index (χ0n) is 6.49. The lowest BCUT2D eigenvalue weighted by Gasteiger charge is -2.24. The molecule has 2 rings (SSSR count). The second-order valence-corrected chi connectivity index (χ2v) is 3.84. The Balaban J connectivity index is 2.17. The molecule has 0 aromatic rings. The zero-order chi connectivity index (χ0) is 8.01. The number of amides is 1. The number of hydrogen-bond acceptors (Lipinski definition) is 2. The van der Waals surface area contributed by atoms with Gasteiger partial charge in [-0.05, 0) is 31.1 Å². The first-order valence-corrected chi connectivity index (χ1v) is 4.25. The fourth-order valence-electron chi connectivity index (χ4n) is 2.76. The summed E-state index contributed by atoms with van der Waals surface area (Å²) in [5.41, 5.74) is 11.1. The van der Waals surface area contributed by atoms with E-state index < -0.39 is 0 Å². The van der Waals surface area contributed by atoms with Gasteiger partial charge in [-0.15, -0.1) is 0 Å². The maximum absolute atomic E-state index is 10.9. The molecule has 0 aliphatic heterocycles. The topological polar surface area (TPSA) is 69.1 Å². The van der Waals surface area contributed by atoms with E-state index in [-0.39, 0.29) is 17.9 Å². The van der Waals surface area contributed by atoms with E-state index in [1.54, 1.807) is 0 Å². The first kappa shape index (κ1) is 7.10. The summed E-state index contributed by atoms with van der Waals surface area (Å²) >= 11 is 0. The molecule has 0 saturated heterocycles. The Bertz CT molecular complexity index is 191. The average molecular weight is 154 g/mol. The predicted octanol–water partition coefficient (Wildman–Crippen LogP) is -0.155. The van der Waals surface area contributed by atoms with Crippen LogP contribution in [0.2, 0.25) is 0 Å². The highest BCUT2D eigenvalue weighted by atomic mass is 16.1. The van der Waals surface area contributed by atoms with Gasteiger partial charge in [0.25, 0.3) is 0 Å². The van der Waals surface area contributed by atoms with Crippen LogP contribution in [-0.4, -0.2) is 11.9 Å². The summed E-state index contributed by atoms with van der Waals surface area (Å²) < 4.78 is 0. The minimum absolute atomic E-state index is 0.0197. The second kappa shape index (κ2) is 2.21. The molecule has 0 aromatic heterocycles. The van der Waals surface area contributed by atoms with Gasteiger partial charge in [0.2, 0.25) is 5.91 Å². The van der Waals surface area contributed by atoms with Crippen molar-refractivity contribution in [3.63, 3.8) is 0 Å². The molecule has 2 aliphatic carbocycles. The Morgan fingerprint density at radius 3 is 2.27 bits per heavy atom. The van der Waals surface area contributed by atoms with Crippen molar-refractivity contribution in [2.75, 3.05) is 0 Å². The molecule has 4 atom stereocenters. The van der Waals surface area contributed by atoms with Gasteiger partial charge in [0.15, 0.2) is 0 Å². The third kappa shape index (κ3) is 0.872. The molecule has 11 heavy (non-hydrogen) atoms. The summed E-state index contributed by atoms with van der Waals surface area (Å²) in [4.78, 5) is 10.9. The van der Waals surface area contributed by atoms with Crippen LogP contribution in [0.5, 0.6) is 0 Å². The van der Waals surface area contributed by atoms with Crippen molar-refractivity contribution in [2.24, 2.45) is 29.2 Å². The van der Waals surface area contributed by atoms with Crippen molar-refractivity contribution < 1.29 is 4.79 Å². The smallest absolute Gasteiger partial charge is 0.222 e. The third-order valence-corrected chi connectivity index (χ3v) is 3.31. The summed E-state index contributed by atoms with van der Waals surface area (Å²) in [7, 11) is 0. The van der Waals surface area contributed by atoms with Crippen molar-refractivity contribution in [1.29, 1.82) is 0 Å². The molecule has 3 nitrogen and oxygen atoms in total. The van der Waals surface area contributed by atoms with E-state index in [0.717, 1.165) is 12.8 Å². The molecule has 1 amide bonds. The SMILES string of the molecule is NC(=O)C1C2CCC(C2)C1N. The number of carbonyl (C=O) groups excluding carboxylic acids is 1. The lowest BCUT2D eigenvalue weighted by Crippen LogP contribution is -2.43. The Hall–Kier alpha value is -0.570. The highest BCUT2D eigenvalue weighted by Crippen LogP contribution is 2.47. The molecule has 0 radical (unpaired) electrons. The first-order valence-electron chi connectivity index (χ1n) is 4.25. The molecule has 2 bridgehead atoms. The van der Waals surface area contributed by atoms with Gasteiger partial charge in [0.1, 0.15) is 0 Å². The molecule has 4 unspecified atom stereocenters. The Morgan fingerprint density at radius 1 is 1.27 bits per heavy atom. The van der Waals surface area contributed by atoms with Crippen LogP contribution in [0.25, 0.3) is 0 Å².